The van der Waals surface area contributed by atoms with E-state index in [9.17, 15) is 0 Å². The van der Waals surface area contributed by atoms with Gasteiger partial charge in [0, 0.05) is 0 Å². The van der Waals surface area contributed by atoms with Crippen molar-refractivity contribution in [2.24, 2.45) is 5.92 Å². The van der Waals surface area contributed by atoms with Crippen LogP contribution in [0.3, 0.4) is 0 Å². The second kappa shape index (κ2) is 7.82. The molecule has 0 saturated heterocycles. The highest BCUT2D eigenvalue weighted by Gasteiger charge is 2.20. The molecule has 1 unspecified atom stereocenters. The summed E-state index contributed by atoms with van der Waals surface area (Å²) in [4.78, 5) is 0. The Balaban J connectivity index is 1.60. The van der Waals surface area contributed by atoms with Gasteiger partial charge in [-0.3, -0.25) is 0 Å². The first kappa shape index (κ1) is 17.6. The fourth-order valence-corrected chi connectivity index (χ4v) is 4.95. The van der Waals surface area contributed by atoms with Crippen molar-refractivity contribution in [3.05, 3.63) is 64.7 Å². The van der Waals surface area contributed by atoms with E-state index in [0.29, 0.717) is 5.92 Å². The van der Waals surface area contributed by atoms with Crippen molar-refractivity contribution >= 4 is 6.08 Å². The number of allylic oxidation sites excluding steroid dienone is 1. The molecule has 0 heteroatoms. The van der Waals surface area contributed by atoms with Crippen LogP contribution in [0, 0.1) is 5.92 Å². The maximum Gasteiger partial charge on any atom is -0.00549 e. The van der Waals surface area contributed by atoms with E-state index in [2.05, 4.69) is 62.4 Å². The molecule has 0 spiro atoms. The van der Waals surface area contributed by atoms with E-state index in [4.69, 9.17) is 0 Å². The molecule has 1 fully saturated rings. The molecule has 2 aliphatic carbocycles. The smallest absolute Gasteiger partial charge is 0.00549 e. The first-order chi connectivity index (χ1) is 12.8. The highest BCUT2D eigenvalue weighted by Crippen LogP contribution is 2.38. The van der Waals surface area contributed by atoms with Crippen LogP contribution in [0.15, 0.2) is 48.0 Å². The van der Waals surface area contributed by atoms with Gasteiger partial charge in [0.2, 0.25) is 0 Å². The summed E-state index contributed by atoms with van der Waals surface area (Å²) in [5.74, 6) is 1.50. The maximum absolute atomic E-state index is 2.49. The summed E-state index contributed by atoms with van der Waals surface area (Å²) < 4.78 is 0. The summed E-state index contributed by atoms with van der Waals surface area (Å²) in [5, 5.41) is 0. The van der Waals surface area contributed by atoms with Crippen LogP contribution in [0.25, 0.3) is 17.2 Å². The Morgan fingerprint density at radius 2 is 1.73 bits per heavy atom. The molecular weight excluding hydrogens is 312 g/mol. The van der Waals surface area contributed by atoms with Crippen LogP contribution in [0.4, 0.5) is 0 Å². The van der Waals surface area contributed by atoms with Gasteiger partial charge >= 0.3 is 0 Å². The molecule has 136 valence electrons. The van der Waals surface area contributed by atoms with Crippen molar-refractivity contribution in [2.75, 3.05) is 0 Å². The second-order valence-corrected chi connectivity index (χ2v) is 8.42. The van der Waals surface area contributed by atoms with E-state index in [-0.39, 0.29) is 0 Å². The molecule has 0 heterocycles. The van der Waals surface area contributed by atoms with Gasteiger partial charge in [-0.25, -0.2) is 0 Å². The topological polar surface area (TPSA) is 0 Å². The minimum Gasteiger partial charge on any atom is -0.0654 e. The SMILES string of the molecule is CCCC(C)C1=Cc2c(cccc2-c2ccc(C3CCCCC3)cc2)C1. The molecule has 2 aromatic rings. The Morgan fingerprint density at radius 3 is 2.46 bits per heavy atom. The fraction of sp³-hybridized carbons (Fsp3) is 0.462. The first-order valence-electron chi connectivity index (χ1n) is 10.7. The Morgan fingerprint density at radius 1 is 0.962 bits per heavy atom. The van der Waals surface area contributed by atoms with Crippen molar-refractivity contribution in [1.29, 1.82) is 0 Å². The predicted molar refractivity (Wildman–Crippen MR) is 113 cm³/mol. The minimum absolute atomic E-state index is 0.703. The Hall–Kier alpha value is -1.82. The summed E-state index contributed by atoms with van der Waals surface area (Å²) >= 11 is 0. The van der Waals surface area contributed by atoms with Gasteiger partial charge in [-0.2, -0.15) is 0 Å². The number of fused-ring (bicyclic) bond motifs is 1. The molecule has 0 aliphatic heterocycles. The summed E-state index contributed by atoms with van der Waals surface area (Å²) in [6.45, 7) is 4.68. The molecule has 1 atom stereocenters. The van der Waals surface area contributed by atoms with Crippen LogP contribution in [-0.2, 0) is 6.42 Å². The van der Waals surface area contributed by atoms with Crippen LogP contribution in [0.1, 0.15) is 81.4 Å². The van der Waals surface area contributed by atoms with E-state index >= 15 is 0 Å². The van der Waals surface area contributed by atoms with Crippen molar-refractivity contribution in [3.63, 3.8) is 0 Å². The Kier molecular flexibility index (Phi) is 5.29. The van der Waals surface area contributed by atoms with E-state index in [0.717, 1.165) is 12.3 Å². The number of benzene rings is 2. The molecule has 2 aliphatic rings. The molecule has 0 radical (unpaired) electrons. The molecule has 4 rings (SSSR count). The lowest BCUT2D eigenvalue weighted by Gasteiger charge is -2.22. The van der Waals surface area contributed by atoms with Crippen molar-refractivity contribution in [3.8, 4) is 11.1 Å². The quantitative estimate of drug-likeness (QED) is 0.519. The van der Waals surface area contributed by atoms with E-state index < -0.39 is 0 Å². The number of rotatable bonds is 5. The third-order valence-electron chi connectivity index (χ3n) is 6.57. The molecule has 0 nitrogen and oxygen atoms in total. The molecule has 2 aromatic carbocycles. The summed E-state index contributed by atoms with van der Waals surface area (Å²) in [7, 11) is 0. The predicted octanol–water partition coefficient (Wildman–Crippen LogP) is 7.78. The number of hydrogen-bond acceptors (Lipinski definition) is 0. The van der Waals surface area contributed by atoms with Gasteiger partial charge in [0.15, 0.2) is 0 Å². The maximum atomic E-state index is 2.49. The van der Waals surface area contributed by atoms with E-state index in [1.54, 1.807) is 11.1 Å². The molecule has 1 saturated carbocycles. The highest BCUT2D eigenvalue weighted by atomic mass is 14.2. The van der Waals surface area contributed by atoms with Gasteiger partial charge in [-0.1, -0.05) is 93.6 Å². The number of hydrogen-bond donors (Lipinski definition) is 0. The zero-order valence-corrected chi connectivity index (χ0v) is 16.4. The highest BCUT2D eigenvalue weighted by molar-refractivity contribution is 5.81. The lowest BCUT2D eigenvalue weighted by atomic mass is 9.83. The largest absolute Gasteiger partial charge is 0.0654 e. The zero-order chi connectivity index (χ0) is 17.9. The Bertz CT molecular complexity index is 772. The van der Waals surface area contributed by atoms with Crippen LogP contribution < -0.4 is 0 Å². The molecular formula is C26H32. The molecule has 0 aromatic heterocycles. The monoisotopic (exact) mass is 344 g/mol. The Labute approximate surface area is 159 Å². The third kappa shape index (κ3) is 3.52. The summed E-state index contributed by atoms with van der Waals surface area (Å²) in [6, 6.07) is 16.4. The average Bonchev–Trinajstić information content (AvgIpc) is 3.14. The third-order valence-corrected chi connectivity index (χ3v) is 6.57. The van der Waals surface area contributed by atoms with Crippen molar-refractivity contribution < 1.29 is 0 Å². The van der Waals surface area contributed by atoms with Gasteiger partial charge in [0.25, 0.3) is 0 Å². The molecule has 0 amide bonds. The van der Waals surface area contributed by atoms with Crippen LogP contribution >= 0.6 is 0 Å². The molecule has 0 bridgehead atoms. The van der Waals surface area contributed by atoms with E-state index in [1.165, 1.54) is 67.2 Å². The van der Waals surface area contributed by atoms with Gasteiger partial charge in [-0.05, 0) is 65.3 Å². The average molecular weight is 345 g/mol. The van der Waals surface area contributed by atoms with Crippen molar-refractivity contribution in [1.82, 2.24) is 0 Å². The van der Waals surface area contributed by atoms with Gasteiger partial charge in [-0.15, -0.1) is 0 Å². The summed E-state index contributed by atoms with van der Waals surface area (Å²) in [6.07, 6.45) is 13.2. The van der Waals surface area contributed by atoms with Gasteiger partial charge in [0.05, 0.1) is 0 Å². The fourth-order valence-electron chi connectivity index (χ4n) is 4.95. The van der Waals surface area contributed by atoms with E-state index in [1.807, 2.05) is 0 Å². The summed E-state index contributed by atoms with van der Waals surface area (Å²) in [5.41, 5.74) is 8.94. The van der Waals surface area contributed by atoms with Gasteiger partial charge < -0.3 is 0 Å². The standard InChI is InChI=1S/C26H32/c1-3-8-19(2)24-17-23-11-7-12-25(26(23)18-24)22-15-13-21(14-16-22)20-9-5-4-6-10-20/h7,11-16,18-20H,3-6,8-10,17H2,1-2H3. The first-order valence-corrected chi connectivity index (χ1v) is 10.7. The van der Waals surface area contributed by atoms with Crippen LogP contribution in [-0.4, -0.2) is 0 Å². The minimum atomic E-state index is 0.703. The lowest BCUT2D eigenvalue weighted by molar-refractivity contribution is 0.443. The van der Waals surface area contributed by atoms with Crippen LogP contribution in [0.5, 0.6) is 0 Å². The zero-order valence-electron chi connectivity index (χ0n) is 16.4. The van der Waals surface area contributed by atoms with Crippen LogP contribution in [0.2, 0.25) is 0 Å². The lowest BCUT2D eigenvalue weighted by Crippen LogP contribution is -2.04. The van der Waals surface area contributed by atoms with Gasteiger partial charge in [0.1, 0.15) is 0 Å². The van der Waals surface area contributed by atoms with Crippen molar-refractivity contribution in [2.45, 2.75) is 71.1 Å². The molecule has 0 N–H and O–H groups in total. The molecule has 26 heavy (non-hydrogen) atoms. The normalized spacial score (nSPS) is 18.5. The second-order valence-electron chi connectivity index (χ2n) is 8.42.